The largest absolute Gasteiger partial charge is 0.485 e. The first kappa shape index (κ1) is 20.0. The summed E-state index contributed by atoms with van der Waals surface area (Å²) >= 11 is 0. The number of ether oxygens (including phenoxy) is 2. The van der Waals surface area contributed by atoms with Crippen LogP contribution in [0.5, 0.6) is 11.5 Å². The van der Waals surface area contributed by atoms with E-state index in [9.17, 15) is 9.90 Å². The second-order valence-corrected chi connectivity index (χ2v) is 11.0. The Morgan fingerprint density at radius 1 is 1.18 bits per heavy atom. The molecule has 2 saturated carbocycles. The average molecular weight is 446 g/mol. The molecule has 1 spiro atoms. The minimum atomic E-state index is -0.950. The molecule has 5 nitrogen and oxygen atoms in total. The summed E-state index contributed by atoms with van der Waals surface area (Å²) in [5, 5.41) is 12.5. The standard InChI is InChI=1S/C28H31NO4/c1-17-14-28(31)22-13-20-9-10-21(32-16-19-5-3-2-4-6-19)25-23(20)27(28,26(33-25)24(17)30)11-12-29(22)15-18-7-8-18/h2-6,9-10,17-18,22,26,31H,7-8,11-16H2,1H3/t17?,22-,26+,27+,28-/m1/s1. The number of hydrogen-bond donors (Lipinski definition) is 1. The molecule has 172 valence electrons. The summed E-state index contributed by atoms with van der Waals surface area (Å²) in [6.07, 6.45) is 4.08. The Hall–Kier alpha value is -2.37. The molecule has 0 radical (unpaired) electrons. The molecule has 2 heterocycles. The van der Waals surface area contributed by atoms with Gasteiger partial charge >= 0.3 is 0 Å². The number of likely N-dealkylation sites (tertiary alicyclic amines) is 1. The van der Waals surface area contributed by atoms with E-state index < -0.39 is 17.1 Å². The average Bonchev–Trinajstić information content (AvgIpc) is 3.55. The van der Waals surface area contributed by atoms with E-state index in [-0.39, 0.29) is 17.7 Å². The maximum absolute atomic E-state index is 13.5. The Morgan fingerprint density at radius 3 is 2.79 bits per heavy atom. The highest BCUT2D eigenvalue weighted by Crippen LogP contribution is 2.65. The zero-order chi connectivity index (χ0) is 22.4. The highest BCUT2D eigenvalue weighted by Gasteiger charge is 2.74. The van der Waals surface area contributed by atoms with Crippen LogP contribution in [0.15, 0.2) is 42.5 Å². The van der Waals surface area contributed by atoms with Gasteiger partial charge < -0.3 is 14.6 Å². The third-order valence-corrected chi connectivity index (χ3v) is 9.10. The van der Waals surface area contributed by atoms with Crippen LogP contribution in [0.2, 0.25) is 0 Å². The Kier molecular flexibility index (Phi) is 4.15. The highest BCUT2D eigenvalue weighted by molar-refractivity contribution is 5.91. The van der Waals surface area contributed by atoms with Gasteiger partial charge in [0.1, 0.15) is 6.61 Å². The Morgan fingerprint density at radius 2 is 2.00 bits per heavy atom. The van der Waals surface area contributed by atoms with Crippen LogP contribution in [0.25, 0.3) is 0 Å². The SMILES string of the molecule is CC1C[C@@]2(O)[C@H]3Cc4ccc(OCc5ccccc5)c5c4[C@@]2(CCN3CC2CC2)[C@@H](O5)C1=O. The van der Waals surface area contributed by atoms with Crippen molar-refractivity contribution >= 4 is 5.78 Å². The normalized spacial score (nSPS) is 36.3. The van der Waals surface area contributed by atoms with Gasteiger partial charge in [-0.05, 0) is 61.8 Å². The lowest BCUT2D eigenvalue weighted by Gasteiger charge is -2.63. The quantitative estimate of drug-likeness (QED) is 0.762. The number of aliphatic hydroxyl groups is 1. The summed E-state index contributed by atoms with van der Waals surface area (Å²) in [6.45, 7) is 4.39. The second-order valence-electron chi connectivity index (χ2n) is 11.0. The van der Waals surface area contributed by atoms with Gasteiger partial charge in [-0.1, -0.05) is 43.3 Å². The molecule has 0 amide bonds. The first-order valence-electron chi connectivity index (χ1n) is 12.5. The lowest BCUT2D eigenvalue weighted by atomic mass is 9.47. The van der Waals surface area contributed by atoms with Gasteiger partial charge in [0.05, 0.1) is 11.0 Å². The molecule has 5 atom stereocenters. The molecule has 1 saturated heterocycles. The second kappa shape index (κ2) is 6.83. The number of rotatable bonds is 5. The fourth-order valence-electron chi connectivity index (χ4n) is 7.37. The molecule has 33 heavy (non-hydrogen) atoms. The number of carbonyl (C=O) groups is 1. The van der Waals surface area contributed by atoms with E-state index in [4.69, 9.17) is 9.47 Å². The maximum Gasteiger partial charge on any atom is 0.177 e. The first-order valence-corrected chi connectivity index (χ1v) is 12.5. The molecule has 2 aromatic rings. The van der Waals surface area contributed by atoms with Gasteiger partial charge in [-0.3, -0.25) is 9.69 Å². The first-order chi connectivity index (χ1) is 16.0. The van der Waals surface area contributed by atoms with Crippen molar-refractivity contribution in [3.63, 3.8) is 0 Å². The fraction of sp³-hybridized carbons (Fsp3) is 0.536. The number of nitrogens with zero attached hydrogens (tertiary/aromatic N) is 1. The molecule has 1 N–H and O–H groups in total. The lowest BCUT2D eigenvalue weighted by Crippen LogP contribution is -2.77. The molecule has 0 aromatic heterocycles. The maximum atomic E-state index is 13.5. The number of hydrogen-bond acceptors (Lipinski definition) is 5. The van der Waals surface area contributed by atoms with Crippen LogP contribution in [0.1, 0.15) is 49.3 Å². The van der Waals surface area contributed by atoms with Crippen LogP contribution in [0.4, 0.5) is 0 Å². The van der Waals surface area contributed by atoms with Crippen molar-refractivity contribution in [2.45, 2.75) is 68.8 Å². The van der Waals surface area contributed by atoms with E-state index in [2.05, 4.69) is 11.0 Å². The lowest BCUT2D eigenvalue weighted by molar-refractivity contribution is -0.196. The number of benzene rings is 2. The van der Waals surface area contributed by atoms with Gasteiger partial charge in [0.2, 0.25) is 0 Å². The van der Waals surface area contributed by atoms with Gasteiger partial charge in [0.15, 0.2) is 23.4 Å². The Labute approximate surface area is 194 Å². The molecule has 5 aliphatic rings. The van der Waals surface area contributed by atoms with Crippen molar-refractivity contribution in [2.75, 3.05) is 13.1 Å². The van der Waals surface area contributed by atoms with Crippen molar-refractivity contribution in [1.29, 1.82) is 0 Å². The third kappa shape index (κ3) is 2.64. The Bertz CT molecular complexity index is 1130. The van der Waals surface area contributed by atoms with E-state index in [1.807, 2.05) is 43.3 Å². The van der Waals surface area contributed by atoms with Crippen molar-refractivity contribution < 1.29 is 19.4 Å². The van der Waals surface area contributed by atoms with E-state index in [0.717, 1.165) is 43.0 Å². The van der Waals surface area contributed by atoms with Crippen LogP contribution < -0.4 is 9.47 Å². The summed E-state index contributed by atoms with van der Waals surface area (Å²) in [6, 6.07) is 14.3. The zero-order valence-corrected chi connectivity index (χ0v) is 19.1. The van der Waals surface area contributed by atoms with Crippen molar-refractivity contribution in [1.82, 2.24) is 4.90 Å². The zero-order valence-electron chi connectivity index (χ0n) is 19.1. The summed E-state index contributed by atoms with van der Waals surface area (Å²) in [5.74, 6) is 2.08. The molecule has 2 aromatic carbocycles. The van der Waals surface area contributed by atoms with Crippen LogP contribution >= 0.6 is 0 Å². The molecule has 2 aliphatic heterocycles. The summed E-state index contributed by atoms with van der Waals surface area (Å²) in [7, 11) is 0. The van der Waals surface area contributed by atoms with Gasteiger partial charge in [0, 0.05) is 24.1 Å². The van der Waals surface area contributed by atoms with E-state index >= 15 is 0 Å². The van der Waals surface area contributed by atoms with Crippen LogP contribution in [0, 0.1) is 11.8 Å². The van der Waals surface area contributed by atoms with Crippen LogP contribution in [-0.4, -0.2) is 46.6 Å². The van der Waals surface area contributed by atoms with E-state index in [1.54, 1.807) is 0 Å². The molecule has 3 aliphatic carbocycles. The van der Waals surface area contributed by atoms with Gasteiger partial charge in [-0.25, -0.2) is 0 Å². The molecule has 3 fully saturated rings. The van der Waals surface area contributed by atoms with Crippen LogP contribution in [-0.2, 0) is 23.2 Å². The molecular formula is C28H31NO4. The number of carbonyl (C=O) groups excluding carboxylic acids is 1. The molecular weight excluding hydrogens is 414 g/mol. The third-order valence-electron chi connectivity index (χ3n) is 9.10. The number of piperidine rings is 1. The minimum Gasteiger partial charge on any atom is -0.485 e. The van der Waals surface area contributed by atoms with Gasteiger partial charge in [-0.2, -0.15) is 0 Å². The van der Waals surface area contributed by atoms with Crippen molar-refractivity contribution in [2.24, 2.45) is 11.8 Å². The predicted octanol–water partition coefficient (Wildman–Crippen LogP) is 3.64. The number of Topliss-reactive ketones (excluding diaryl/α,β-unsaturated/α-hetero) is 1. The van der Waals surface area contributed by atoms with Gasteiger partial charge in [0.25, 0.3) is 0 Å². The topological polar surface area (TPSA) is 59.0 Å². The van der Waals surface area contributed by atoms with Crippen molar-refractivity contribution in [3.8, 4) is 11.5 Å². The summed E-state index contributed by atoms with van der Waals surface area (Å²) < 4.78 is 12.8. The van der Waals surface area contributed by atoms with E-state index in [0.29, 0.717) is 24.5 Å². The van der Waals surface area contributed by atoms with Crippen molar-refractivity contribution in [3.05, 3.63) is 59.2 Å². The predicted molar refractivity (Wildman–Crippen MR) is 123 cm³/mol. The molecule has 7 rings (SSSR count). The monoisotopic (exact) mass is 445 g/mol. The summed E-state index contributed by atoms with van der Waals surface area (Å²) in [5.41, 5.74) is 1.76. The summed E-state index contributed by atoms with van der Waals surface area (Å²) in [4.78, 5) is 16.0. The number of ketones is 1. The Balaban J connectivity index is 1.33. The molecule has 5 heteroatoms. The fourth-order valence-corrected chi connectivity index (χ4v) is 7.37. The molecule has 2 bridgehead atoms. The van der Waals surface area contributed by atoms with Gasteiger partial charge in [-0.15, -0.1) is 0 Å². The molecule has 1 unspecified atom stereocenters. The minimum absolute atomic E-state index is 0.0445. The van der Waals surface area contributed by atoms with Crippen LogP contribution in [0.3, 0.4) is 0 Å². The highest BCUT2D eigenvalue weighted by atomic mass is 16.5. The smallest absolute Gasteiger partial charge is 0.177 e. The van der Waals surface area contributed by atoms with E-state index in [1.165, 1.54) is 18.4 Å².